The summed E-state index contributed by atoms with van der Waals surface area (Å²) >= 11 is 4.21. The van der Waals surface area contributed by atoms with E-state index in [4.69, 9.17) is 14.2 Å². The van der Waals surface area contributed by atoms with Crippen molar-refractivity contribution in [3.63, 3.8) is 0 Å². The number of aliphatic hydroxyl groups excluding tert-OH is 1. The van der Waals surface area contributed by atoms with Crippen molar-refractivity contribution >= 4 is 36.9 Å². The van der Waals surface area contributed by atoms with Crippen LogP contribution in [-0.2, 0) is 14.2 Å². The standard InChI is InChI=1S/C22H41N3O7S/c1-20(2,3)30-17(27)23-16(25(13-15-33)19(29)32-22(7,8)9)24(12-10-11-14-26)18(28)31-21(4,5)6/h26,33H,10-15H2,1-9H3/b23-16+. The Bertz CT molecular complexity index is 692. The maximum absolute atomic E-state index is 13.1. The van der Waals surface area contributed by atoms with E-state index in [2.05, 4.69) is 17.6 Å². The fourth-order valence-electron chi connectivity index (χ4n) is 2.29. The molecular formula is C22H41N3O7S. The number of hydrogen-bond donors (Lipinski definition) is 2. The van der Waals surface area contributed by atoms with Crippen molar-refractivity contribution in [1.82, 2.24) is 9.80 Å². The second-order valence-electron chi connectivity index (χ2n) is 10.3. The molecule has 192 valence electrons. The number of aliphatic hydroxyl groups is 1. The Labute approximate surface area is 203 Å². The number of hydrogen-bond acceptors (Lipinski definition) is 8. The molecule has 0 unspecified atom stereocenters. The van der Waals surface area contributed by atoms with Gasteiger partial charge in [0, 0.05) is 25.4 Å². The summed E-state index contributed by atoms with van der Waals surface area (Å²) in [6, 6.07) is 0. The maximum atomic E-state index is 13.1. The SMILES string of the molecule is CC(C)(C)OC(=O)/N=C(/N(CCS)C(=O)OC(C)(C)C)N(CCCCO)C(=O)OC(C)(C)C. The molecule has 10 nitrogen and oxygen atoms in total. The van der Waals surface area contributed by atoms with E-state index in [0.29, 0.717) is 12.8 Å². The summed E-state index contributed by atoms with van der Waals surface area (Å²) in [6.45, 7) is 15.1. The largest absolute Gasteiger partial charge is 0.443 e. The molecule has 0 bridgehead atoms. The Morgan fingerprint density at radius 2 is 1.18 bits per heavy atom. The molecule has 0 aromatic carbocycles. The first kappa shape index (κ1) is 31.0. The zero-order chi connectivity index (χ0) is 26.0. The van der Waals surface area contributed by atoms with Gasteiger partial charge in [0.15, 0.2) is 0 Å². The first-order chi connectivity index (χ1) is 14.9. The number of thiol groups is 1. The molecule has 11 heteroatoms. The van der Waals surface area contributed by atoms with Gasteiger partial charge in [0.2, 0.25) is 5.96 Å². The maximum Gasteiger partial charge on any atom is 0.437 e. The van der Waals surface area contributed by atoms with Crippen LogP contribution in [0.4, 0.5) is 14.4 Å². The first-order valence-electron chi connectivity index (χ1n) is 10.9. The Morgan fingerprint density at radius 3 is 1.55 bits per heavy atom. The third-order valence-corrected chi connectivity index (χ3v) is 3.61. The van der Waals surface area contributed by atoms with Gasteiger partial charge in [0.05, 0.1) is 0 Å². The Hall–Kier alpha value is -2.01. The van der Waals surface area contributed by atoms with Crippen molar-refractivity contribution in [3.05, 3.63) is 0 Å². The summed E-state index contributed by atoms with van der Waals surface area (Å²) in [4.78, 5) is 44.8. The molecule has 33 heavy (non-hydrogen) atoms. The summed E-state index contributed by atoms with van der Waals surface area (Å²) in [5, 5.41) is 9.19. The van der Waals surface area contributed by atoms with Crippen LogP contribution in [0.3, 0.4) is 0 Å². The van der Waals surface area contributed by atoms with Gasteiger partial charge in [-0.3, -0.25) is 0 Å². The Kier molecular flexibility index (Phi) is 12.2. The van der Waals surface area contributed by atoms with Gasteiger partial charge in [-0.1, -0.05) is 0 Å². The Balaban J connectivity index is 6.53. The van der Waals surface area contributed by atoms with E-state index in [-0.39, 0.29) is 31.4 Å². The highest BCUT2D eigenvalue weighted by Gasteiger charge is 2.35. The molecule has 0 aliphatic heterocycles. The van der Waals surface area contributed by atoms with Gasteiger partial charge in [-0.05, 0) is 75.2 Å². The van der Waals surface area contributed by atoms with Crippen LogP contribution < -0.4 is 0 Å². The van der Waals surface area contributed by atoms with Gasteiger partial charge >= 0.3 is 18.3 Å². The lowest BCUT2D eigenvalue weighted by atomic mass is 10.2. The molecule has 0 aromatic heterocycles. The van der Waals surface area contributed by atoms with E-state index in [1.807, 2.05) is 0 Å². The van der Waals surface area contributed by atoms with Crippen LogP contribution in [0.2, 0.25) is 0 Å². The van der Waals surface area contributed by atoms with Gasteiger partial charge in [-0.2, -0.15) is 12.6 Å². The average Bonchev–Trinajstić information content (AvgIpc) is 2.57. The molecule has 0 aliphatic carbocycles. The predicted molar refractivity (Wildman–Crippen MR) is 130 cm³/mol. The van der Waals surface area contributed by atoms with Crippen LogP contribution in [0.1, 0.15) is 75.2 Å². The zero-order valence-electron chi connectivity index (χ0n) is 21.4. The van der Waals surface area contributed by atoms with Crippen LogP contribution in [0.25, 0.3) is 0 Å². The average molecular weight is 492 g/mol. The van der Waals surface area contributed by atoms with Gasteiger partial charge in [0.1, 0.15) is 16.8 Å². The molecule has 1 N–H and O–H groups in total. The number of aliphatic imine (C=N–C) groups is 1. The normalized spacial score (nSPS) is 12.8. The van der Waals surface area contributed by atoms with Crippen molar-refractivity contribution in [2.75, 3.05) is 25.4 Å². The Morgan fingerprint density at radius 1 is 0.758 bits per heavy atom. The van der Waals surface area contributed by atoms with Gasteiger partial charge in [-0.25, -0.2) is 24.2 Å². The summed E-state index contributed by atoms with van der Waals surface area (Å²) < 4.78 is 16.3. The third-order valence-electron chi connectivity index (χ3n) is 3.41. The van der Waals surface area contributed by atoms with Gasteiger partial charge in [-0.15, -0.1) is 4.99 Å². The molecule has 0 atom stereocenters. The van der Waals surface area contributed by atoms with Crippen molar-refractivity contribution in [2.45, 2.75) is 92.0 Å². The number of unbranched alkanes of at least 4 members (excludes halogenated alkanes) is 1. The molecule has 0 aliphatic rings. The lowest BCUT2D eigenvalue weighted by molar-refractivity contribution is 0.0278. The summed E-state index contributed by atoms with van der Waals surface area (Å²) in [6.07, 6.45) is -1.85. The molecule has 3 amide bonds. The van der Waals surface area contributed by atoms with E-state index in [9.17, 15) is 19.5 Å². The highest BCUT2D eigenvalue weighted by molar-refractivity contribution is 7.80. The second-order valence-corrected chi connectivity index (χ2v) is 10.8. The van der Waals surface area contributed by atoms with Gasteiger partial charge < -0.3 is 19.3 Å². The number of amides is 3. The minimum atomic E-state index is -0.985. The van der Waals surface area contributed by atoms with Crippen LogP contribution in [0, 0.1) is 0 Å². The van der Waals surface area contributed by atoms with Crippen molar-refractivity contribution in [2.24, 2.45) is 4.99 Å². The molecule has 0 radical (unpaired) electrons. The number of carbonyl (C=O) groups excluding carboxylic acids is 3. The summed E-state index contributed by atoms with van der Waals surface area (Å²) in [5.74, 6) is -0.0921. The monoisotopic (exact) mass is 491 g/mol. The van der Waals surface area contributed by atoms with Crippen LogP contribution in [-0.4, -0.2) is 81.4 Å². The minimum absolute atomic E-state index is 0.00104. The number of carbonyl (C=O) groups is 3. The summed E-state index contributed by atoms with van der Waals surface area (Å²) in [7, 11) is 0. The highest BCUT2D eigenvalue weighted by atomic mass is 32.1. The molecule has 0 saturated heterocycles. The zero-order valence-corrected chi connectivity index (χ0v) is 22.3. The minimum Gasteiger partial charge on any atom is -0.443 e. The number of ether oxygens (including phenoxy) is 3. The third kappa shape index (κ3) is 14.0. The number of nitrogens with zero attached hydrogens (tertiary/aromatic N) is 3. The molecule has 0 aromatic rings. The second kappa shape index (κ2) is 13.0. The van der Waals surface area contributed by atoms with E-state index in [1.54, 1.807) is 62.3 Å². The van der Waals surface area contributed by atoms with E-state index in [0.717, 1.165) is 9.80 Å². The van der Waals surface area contributed by atoms with Gasteiger partial charge in [0.25, 0.3) is 0 Å². The van der Waals surface area contributed by atoms with E-state index in [1.165, 1.54) is 0 Å². The van der Waals surface area contributed by atoms with E-state index >= 15 is 0 Å². The van der Waals surface area contributed by atoms with Crippen molar-refractivity contribution in [1.29, 1.82) is 0 Å². The lowest BCUT2D eigenvalue weighted by Gasteiger charge is -2.34. The summed E-state index contributed by atoms with van der Waals surface area (Å²) in [5.41, 5.74) is -2.53. The fourth-order valence-corrected chi connectivity index (χ4v) is 2.49. The molecular weight excluding hydrogens is 450 g/mol. The fraction of sp³-hybridized carbons (Fsp3) is 0.818. The molecule has 0 saturated carbocycles. The predicted octanol–water partition coefficient (Wildman–Crippen LogP) is 4.45. The van der Waals surface area contributed by atoms with E-state index < -0.39 is 35.1 Å². The smallest absolute Gasteiger partial charge is 0.437 e. The van der Waals surface area contributed by atoms with Crippen molar-refractivity contribution < 1.29 is 33.7 Å². The van der Waals surface area contributed by atoms with Crippen LogP contribution >= 0.6 is 12.6 Å². The lowest BCUT2D eigenvalue weighted by Crippen LogP contribution is -2.53. The molecule has 0 fully saturated rings. The molecule has 0 rings (SSSR count). The van der Waals surface area contributed by atoms with Crippen LogP contribution in [0.5, 0.6) is 0 Å². The molecule has 0 spiro atoms. The quantitative estimate of drug-likeness (QED) is 0.185. The van der Waals surface area contributed by atoms with Crippen LogP contribution in [0.15, 0.2) is 4.99 Å². The highest BCUT2D eigenvalue weighted by Crippen LogP contribution is 2.17. The number of guanidine groups is 1. The topological polar surface area (TPSA) is 118 Å². The molecule has 0 heterocycles. The number of rotatable bonds is 6. The first-order valence-corrected chi connectivity index (χ1v) is 11.6. The van der Waals surface area contributed by atoms with Crippen molar-refractivity contribution in [3.8, 4) is 0 Å².